The minimum absolute atomic E-state index is 0.286. The molecule has 0 bridgehead atoms. The fraction of sp³-hybridized carbons (Fsp3) is 0.417. The van der Waals surface area contributed by atoms with E-state index in [1.807, 2.05) is 6.07 Å². The summed E-state index contributed by atoms with van der Waals surface area (Å²) >= 11 is 0. The Bertz CT molecular complexity index is 615. The Morgan fingerprint density at radius 1 is 1.41 bits per heavy atom. The molecule has 0 atom stereocenters. The molecule has 0 unspecified atom stereocenters. The maximum atomic E-state index is 8.29. The first-order valence-corrected chi connectivity index (χ1v) is 5.96. The zero-order valence-corrected chi connectivity index (χ0v) is 9.53. The average Bonchev–Trinajstić information content (AvgIpc) is 2.98. The molecule has 1 fully saturated rings. The largest absolute Gasteiger partial charge is 0.345 e. The van der Waals surface area contributed by atoms with Crippen LogP contribution in [0, 0.1) is 16.7 Å². The van der Waals surface area contributed by atoms with E-state index in [1.54, 1.807) is 10.8 Å². The van der Waals surface area contributed by atoms with Crippen molar-refractivity contribution in [2.75, 3.05) is 0 Å². The lowest BCUT2D eigenvalue weighted by atomic mass is 10.1. The molecule has 0 radical (unpaired) electrons. The van der Waals surface area contributed by atoms with Crippen LogP contribution in [0.4, 0.5) is 0 Å². The van der Waals surface area contributed by atoms with Crippen molar-refractivity contribution in [3.8, 4) is 0 Å². The monoisotopic (exact) mass is 229 g/mol. The van der Waals surface area contributed by atoms with E-state index in [1.165, 1.54) is 19.0 Å². The van der Waals surface area contributed by atoms with E-state index in [-0.39, 0.29) is 5.49 Å². The van der Waals surface area contributed by atoms with Gasteiger partial charge in [0.25, 0.3) is 0 Å². The van der Waals surface area contributed by atoms with Crippen molar-refractivity contribution in [2.24, 2.45) is 5.92 Å². The van der Waals surface area contributed by atoms with E-state index in [4.69, 9.17) is 10.8 Å². The number of aromatic amines is 1. The lowest BCUT2D eigenvalue weighted by molar-refractivity contribution is 0.692. The molecule has 5 nitrogen and oxygen atoms in total. The quantitative estimate of drug-likeness (QED) is 0.506. The number of H-pyrrole nitrogens is 1. The smallest absolute Gasteiger partial charge is 0.154 e. The molecule has 88 valence electrons. The highest BCUT2D eigenvalue weighted by Gasteiger charge is 2.22. The predicted octanol–water partition coefficient (Wildman–Crippen LogP) is 1.86. The van der Waals surface area contributed by atoms with Crippen molar-refractivity contribution in [3.05, 3.63) is 23.9 Å². The lowest BCUT2D eigenvalue weighted by Gasteiger charge is -2.15. The summed E-state index contributed by atoms with van der Waals surface area (Å²) in [7, 11) is 0. The molecule has 2 aromatic heterocycles. The predicted molar refractivity (Wildman–Crippen MR) is 65.0 cm³/mol. The van der Waals surface area contributed by atoms with Crippen LogP contribution < -0.4 is 5.49 Å². The van der Waals surface area contributed by atoms with Gasteiger partial charge >= 0.3 is 0 Å². The second-order valence-electron chi connectivity index (χ2n) is 4.56. The Kier molecular flexibility index (Phi) is 2.31. The van der Waals surface area contributed by atoms with Gasteiger partial charge in [0.2, 0.25) is 0 Å². The summed E-state index contributed by atoms with van der Waals surface area (Å²) in [4.78, 5) is 7.17. The van der Waals surface area contributed by atoms with E-state index in [0.717, 1.165) is 24.0 Å². The van der Waals surface area contributed by atoms with Crippen LogP contribution >= 0.6 is 0 Å². The van der Waals surface area contributed by atoms with E-state index in [9.17, 15) is 0 Å². The third-order valence-corrected chi connectivity index (χ3v) is 3.48. The second-order valence-corrected chi connectivity index (χ2v) is 4.56. The van der Waals surface area contributed by atoms with Crippen LogP contribution in [0.25, 0.3) is 11.2 Å². The molecular formula is C12H15N5. The van der Waals surface area contributed by atoms with Gasteiger partial charge in [-0.25, -0.2) is 4.98 Å². The van der Waals surface area contributed by atoms with E-state index in [0.29, 0.717) is 11.8 Å². The third-order valence-electron chi connectivity index (χ3n) is 3.48. The highest BCUT2D eigenvalue weighted by atomic mass is 15.1. The first-order chi connectivity index (χ1) is 8.27. The number of aromatic nitrogens is 3. The Hall–Kier alpha value is -1.91. The summed E-state index contributed by atoms with van der Waals surface area (Å²) in [5.41, 5.74) is 1.85. The Morgan fingerprint density at radius 3 is 2.94 bits per heavy atom. The van der Waals surface area contributed by atoms with Gasteiger partial charge in [0, 0.05) is 12.1 Å². The molecule has 2 aromatic rings. The summed E-state index contributed by atoms with van der Waals surface area (Å²) in [5, 5.41) is 16.2. The maximum Gasteiger partial charge on any atom is 0.154 e. The zero-order valence-electron chi connectivity index (χ0n) is 9.53. The normalized spacial score (nSPS) is 16.7. The van der Waals surface area contributed by atoms with Crippen molar-refractivity contribution < 1.29 is 0 Å². The summed E-state index contributed by atoms with van der Waals surface area (Å²) in [6.07, 6.45) is 7.83. The summed E-state index contributed by atoms with van der Waals surface area (Å²) < 4.78 is 1.70. The second kappa shape index (κ2) is 3.84. The Balaban J connectivity index is 2.15. The lowest BCUT2D eigenvalue weighted by Crippen LogP contribution is -2.31. The van der Waals surface area contributed by atoms with Crippen LogP contribution in [0.1, 0.15) is 25.7 Å². The van der Waals surface area contributed by atoms with Crippen molar-refractivity contribution >= 4 is 17.0 Å². The molecule has 3 N–H and O–H groups in total. The van der Waals surface area contributed by atoms with Gasteiger partial charge in [-0.05, 0) is 18.9 Å². The molecule has 0 aromatic carbocycles. The topological polar surface area (TPSA) is 81.3 Å². The van der Waals surface area contributed by atoms with Gasteiger partial charge in [0.15, 0.2) is 5.65 Å². The van der Waals surface area contributed by atoms with E-state index >= 15 is 0 Å². The number of nitrogens with zero attached hydrogens (tertiary/aromatic N) is 2. The number of nitrogens with one attached hydrogen (secondary N) is 3. The molecule has 1 aliphatic carbocycles. The number of fused-ring (bicyclic) bond motifs is 1. The van der Waals surface area contributed by atoms with Crippen molar-refractivity contribution in [2.45, 2.75) is 25.7 Å². The van der Waals surface area contributed by atoms with Crippen LogP contribution in [-0.2, 0) is 0 Å². The van der Waals surface area contributed by atoms with E-state index in [2.05, 4.69) is 9.97 Å². The summed E-state index contributed by atoms with van der Waals surface area (Å²) in [6, 6.07) is 1.88. The van der Waals surface area contributed by atoms with Gasteiger partial charge < -0.3 is 4.98 Å². The molecule has 2 heterocycles. The van der Waals surface area contributed by atoms with Gasteiger partial charge in [-0.15, -0.1) is 0 Å². The van der Waals surface area contributed by atoms with Crippen molar-refractivity contribution in [1.82, 2.24) is 14.5 Å². The van der Waals surface area contributed by atoms with E-state index < -0.39 is 0 Å². The first-order valence-electron chi connectivity index (χ1n) is 5.96. The fourth-order valence-corrected chi connectivity index (χ4v) is 2.59. The molecule has 0 aliphatic heterocycles. The maximum absolute atomic E-state index is 8.29. The fourth-order valence-electron chi connectivity index (χ4n) is 2.59. The van der Waals surface area contributed by atoms with Crippen LogP contribution in [0.5, 0.6) is 0 Å². The molecular weight excluding hydrogens is 214 g/mol. The summed E-state index contributed by atoms with van der Waals surface area (Å²) in [5.74, 6) is 0.837. The Labute approximate surface area is 98.5 Å². The molecule has 1 aliphatic rings. The van der Waals surface area contributed by atoms with Gasteiger partial charge in [-0.2, -0.15) is 0 Å². The molecule has 3 rings (SSSR count). The minimum atomic E-state index is 0.286. The average molecular weight is 229 g/mol. The molecule has 0 saturated heterocycles. The van der Waals surface area contributed by atoms with Crippen molar-refractivity contribution in [1.29, 1.82) is 10.8 Å². The molecule has 0 spiro atoms. The number of hydrogen-bond acceptors (Lipinski definition) is 3. The molecule has 5 heteroatoms. The Morgan fingerprint density at radius 2 is 2.18 bits per heavy atom. The van der Waals surface area contributed by atoms with Crippen molar-refractivity contribution in [3.63, 3.8) is 0 Å². The minimum Gasteiger partial charge on any atom is -0.345 e. The zero-order chi connectivity index (χ0) is 11.8. The number of hydrogen-bond donors (Lipinski definition) is 3. The molecule has 0 amide bonds. The van der Waals surface area contributed by atoms with Crippen LogP contribution in [0.2, 0.25) is 0 Å². The number of rotatable bonds is 1. The first kappa shape index (κ1) is 10.3. The standard InChI is InChI=1S/C12H15N5/c13-10-7-16-12-9(5-6-15-12)17(10)11(14)8-3-1-2-4-8/h5-8,13-15H,1-4H2. The van der Waals surface area contributed by atoms with Crippen LogP contribution in [-0.4, -0.2) is 20.4 Å². The molecule has 1 saturated carbocycles. The van der Waals surface area contributed by atoms with Gasteiger partial charge in [-0.3, -0.25) is 15.4 Å². The highest BCUT2D eigenvalue weighted by molar-refractivity contribution is 5.91. The van der Waals surface area contributed by atoms with Gasteiger partial charge in [-0.1, -0.05) is 12.8 Å². The third kappa shape index (κ3) is 1.58. The van der Waals surface area contributed by atoms with Crippen LogP contribution in [0.3, 0.4) is 0 Å². The van der Waals surface area contributed by atoms with Crippen LogP contribution in [0.15, 0.2) is 18.5 Å². The van der Waals surface area contributed by atoms with Gasteiger partial charge in [0.1, 0.15) is 11.3 Å². The molecule has 17 heavy (non-hydrogen) atoms. The van der Waals surface area contributed by atoms with Gasteiger partial charge in [0.05, 0.1) is 11.7 Å². The highest BCUT2D eigenvalue weighted by Crippen LogP contribution is 2.26. The SMILES string of the molecule is N=C(C1CCCC1)n1c(=N)cnc2[nH]ccc21. The summed E-state index contributed by atoms with van der Waals surface area (Å²) in [6.45, 7) is 0.